The van der Waals surface area contributed by atoms with Crippen molar-refractivity contribution in [3.63, 3.8) is 0 Å². The largest absolute Gasteiger partial charge is 0.494 e. The van der Waals surface area contributed by atoms with Crippen LogP contribution in [0.5, 0.6) is 23.3 Å². The molecule has 41 heavy (non-hydrogen) atoms. The van der Waals surface area contributed by atoms with Crippen LogP contribution >= 0.6 is 0 Å². The van der Waals surface area contributed by atoms with Crippen molar-refractivity contribution in [3.05, 3.63) is 54.0 Å². The number of aromatic nitrogens is 6. The molecule has 2 atom stereocenters. The molecule has 3 heterocycles. The molecule has 1 N–H and O–H groups in total. The lowest BCUT2D eigenvalue weighted by Gasteiger charge is -2.24. The number of nitrogens with one attached hydrogen (secondary N) is 1. The summed E-state index contributed by atoms with van der Waals surface area (Å²) in [4.78, 5) is 13.1. The predicted octanol–water partition coefficient (Wildman–Crippen LogP) is 2.98. The van der Waals surface area contributed by atoms with Crippen LogP contribution in [0.25, 0.3) is 17.2 Å². The Morgan fingerprint density at radius 3 is 2.17 bits per heavy atom. The number of ether oxygens (including phenoxy) is 5. The highest BCUT2D eigenvalue weighted by Gasteiger charge is 2.36. The van der Waals surface area contributed by atoms with Crippen LogP contribution in [0, 0.1) is 6.92 Å². The Balaban J connectivity index is 1.86. The van der Waals surface area contributed by atoms with Crippen LogP contribution in [0.2, 0.25) is 0 Å². The molecule has 0 fully saturated rings. The molecular formula is C26H31N7O7S. The zero-order valence-corrected chi connectivity index (χ0v) is 24.5. The van der Waals surface area contributed by atoms with E-state index < -0.39 is 21.4 Å². The second-order valence-corrected chi connectivity index (χ2v) is 10.7. The van der Waals surface area contributed by atoms with Gasteiger partial charge in [0.2, 0.25) is 27.7 Å². The molecule has 0 aliphatic rings. The average molecular weight is 586 g/mol. The molecule has 4 rings (SSSR count). The quantitative estimate of drug-likeness (QED) is 0.259. The van der Waals surface area contributed by atoms with Crippen molar-refractivity contribution < 1.29 is 32.1 Å². The smallest absolute Gasteiger partial charge is 0.243 e. The minimum atomic E-state index is -4.21. The van der Waals surface area contributed by atoms with Crippen LogP contribution in [0.15, 0.2) is 42.6 Å². The monoisotopic (exact) mass is 585 g/mol. The summed E-state index contributed by atoms with van der Waals surface area (Å²) in [7, 11) is 3.05. The summed E-state index contributed by atoms with van der Waals surface area (Å²) >= 11 is 0. The van der Waals surface area contributed by atoms with Crippen molar-refractivity contribution in [2.45, 2.75) is 25.2 Å². The first-order valence-electron chi connectivity index (χ1n) is 12.3. The molecule has 2 unspecified atom stereocenters. The van der Waals surface area contributed by atoms with E-state index in [1.807, 2.05) is 0 Å². The van der Waals surface area contributed by atoms with E-state index in [0.29, 0.717) is 34.5 Å². The van der Waals surface area contributed by atoms with Gasteiger partial charge < -0.3 is 23.7 Å². The Morgan fingerprint density at radius 1 is 0.878 bits per heavy atom. The fourth-order valence-corrected chi connectivity index (χ4v) is 5.29. The van der Waals surface area contributed by atoms with Gasteiger partial charge in [0, 0.05) is 19.4 Å². The number of hydrogen-bond acceptors (Lipinski definition) is 12. The lowest BCUT2D eigenvalue weighted by atomic mass is 10.2. The van der Waals surface area contributed by atoms with E-state index in [1.54, 1.807) is 43.3 Å². The summed E-state index contributed by atoms with van der Waals surface area (Å²) in [6, 6.07) is 10.2. The Bertz CT molecular complexity index is 1610. The molecule has 4 aromatic rings. The summed E-state index contributed by atoms with van der Waals surface area (Å²) in [5, 5.41) is 7.28. The van der Waals surface area contributed by atoms with E-state index in [4.69, 9.17) is 23.7 Å². The molecule has 218 valence electrons. The molecule has 0 saturated carbocycles. The second-order valence-electron chi connectivity index (χ2n) is 8.67. The number of para-hydroxylation sites is 1. The maximum Gasteiger partial charge on any atom is 0.243 e. The maximum absolute atomic E-state index is 13.8. The molecule has 0 spiro atoms. The maximum atomic E-state index is 13.8. The van der Waals surface area contributed by atoms with Gasteiger partial charge in [0.25, 0.3) is 0 Å². The number of rotatable bonds is 12. The molecule has 0 radical (unpaired) electrons. The minimum absolute atomic E-state index is 0.143. The van der Waals surface area contributed by atoms with Gasteiger partial charge in [-0.15, -0.1) is 10.2 Å². The molecule has 15 heteroatoms. The topological polar surface area (TPSA) is 162 Å². The number of benzene rings is 1. The molecular weight excluding hydrogens is 554 g/mol. The predicted molar refractivity (Wildman–Crippen MR) is 149 cm³/mol. The summed E-state index contributed by atoms with van der Waals surface area (Å²) in [6.07, 6.45) is 0.474. The Labute approximate surface area is 237 Å². The lowest BCUT2D eigenvalue weighted by Crippen LogP contribution is -2.33. The van der Waals surface area contributed by atoms with Crippen LogP contribution in [0.3, 0.4) is 0 Å². The van der Waals surface area contributed by atoms with E-state index in [1.165, 1.54) is 53.2 Å². The van der Waals surface area contributed by atoms with Crippen molar-refractivity contribution in [2.24, 2.45) is 0 Å². The van der Waals surface area contributed by atoms with Gasteiger partial charge in [-0.3, -0.25) is 14.3 Å². The van der Waals surface area contributed by atoms with Gasteiger partial charge in [0.05, 0.1) is 34.1 Å². The van der Waals surface area contributed by atoms with Crippen LogP contribution < -0.4 is 23.7 Å². The van der Waals surface area contributed by atoms with Gasteiger partial charge >= 0.3 is 0 Å². The average Bonchev–Trinajstić information content (AvgIpc) is 3.39. The number of sulfonamides is 1. The molecule has 0 aliphatic carbocycles. The zero-order chi connectivity index (χ0) is 29.7. The number of nitrogens with zero attached hydrogens (tertiary/aromatic N) is 6. The summed E-state index contributed by atoms with van der Waals surface area (Å²) < 4.78 is 59.1. The minimum Gasteiger partial charge on any atom is -0.494 e. The standard InChI is InChI=1S/C26H31N7O7S/c1-15-14-27-21(25(28-15)40-7)23(39-6)16(2)41(34,35)32-26-31-30-24(17-10-8-13-20(29-17)38-5)33(26)22-18(36-3)11-9-12-19(22)37-4/h8-14,16,23H,1-7H3,(H,31,32). The van der Waals surface area contributed by atoms with Gasteiger partial charge in [-0.2, -0.15) is 0 Å². The highest BCUT2D eigenvalue weighted by atomic mass is 32.2. The van der Waals surface area contributed by atoms with Crippen LogP contribution in [0.4, 0.5) is 5.95 Å². The first-order chi connectivity index (χ1) is 19.7. The molecule has 0 saturated heterocycles. The third-order valence-electron chi connectivity index (χ3n) is 6.20. The number of hydrogen-bond donors (Lipinski definition) is 1. The Morgan fingerprint density at radius 2 is 1.56 bits per heavy atom. The summed E-state index contributed by atoms with van der Waals surface area (Å²) in [5.74, 6) is 1.29. The highest BCUT2D eigenvalue weighted by Crippen LogP contribution is 2.38. The Hall–Kier alpha value is -4.50. The fourth-order valence-electron chi connectivity index (χ4n) is 4.15. The van der Waals surface area contributed by atoms with Crippen LogP contribution in [0.1, 0.15) is 24.4 Å². The van der Waals surface area contributed by atoms with Crippen LogP contribution in [-0.2, 0) is 14.8 Å². The Kier molecular flexibility index (Phi) is 8.88. The molecule has 14 nitrogen and oxygen atoms in total. The van der Waals surface area contributed by atoms with Crippen LogP contribution in [-0.4, -0.2) is 78.9 Å². The number of pyridine rings is 1. The van der Waals surface area contributed by atoms with Gasteiger partial charge in [-0.1, -0.05) is 12.1 Å². The lowest BCUT2D eigenvalue weighted by molar-refractivity contribution is 0.0955. The summed E-state index contributed by atoms with van der Waals surface area (Å²) in [5.41, 5.74) is 1.54. The van der Waals surface area contributed by atoms with E-state index >= 15 is 0 Å². The van der Waals surface area contributed by atoms with Crippen molar-refractivity contribution in [2.75, 3.05) is 40.3 Å². The van der Waals surface area contributed by atoms with Gasteiger partial charge in [-0.05, 0) is 32.0 Å². The molecule has 0 amide bonds. The SMILES string of the molecule is COc1cccc(-c2nnc(NS(=O)(=O)C(C)C(OC)c3ncc(C)nc3OC)n2-c2c(OC)cccc2OC)n1. The fraction of sp³-hybridized carbons (Fsp3) is 0.346. The third kappa shape index (κ3) is 5.85. The van der Waals surface area contributed by atoms with Gasteiger partial charge in [0.15, 0.2) is 5.82 Å². The van der Waals surface area contributed by atoms with E-state index in [0.717, 1.165) is 0 Å². The number of methoxy groups -OCH3 is 5. The van der Waals surface area contributed by atoms with Crippen molar-refractivity contribution in [3.8, 4) is 40.5 Å². The van der Waals surface area contributed by atoms with Gasteiger partial charge in [-0.25, -0.2) is 18.4 Å². The van der Waals surface area contributed by atoms with E-state index in [9.17, 15) is 8.42 Å². The summed E-state index contributed by atoms with van der Waals surface area (Å²) in [6.45, 7) is 3.23. The third-order valence-corrected chi connectivity index (χ3v) is 7.90. The molecule has 0 bridgehead atoms. The molecule has 1 aromatic carbocycles. The second kappa shape index (κ2) is 12.3. The van der Waals surface area contributed by atoms with E-state index in [2.05, 4.69) is 29.9 Å². The van der Waals surface area contributed by atoms with Crippen molar-refractivity contribution in [1.82, 2.24) is 29.7 Å². The highest BCUT2D eigenvalue weighted by molar-refractivity contribution is 7.93. The zero-order valence-electron chi connectivity index (χ0n) is 23.6. The van der Waals surface area contributed by atoms with E-state index in [-0.39, 0.29) is 23.3 Å². The number of aryl methyl sites for hydroxylation is 1. The number of anilines is 1. The first kappa shape index (κ1) is 29.5. The first-order valence-corrected chi connectivity index (χ1v) is 13.8. The molecule has 0 aliphatic heterocycles. The van der Waals surface area contributed by atoms with Crippen molar-refractivity contribution >= 4 is 16.0 Å². The van der Waals surface area contributed by atoms with Gasteiger partial charge in [0.1, 0.15) is 39.9 Å². The normalized spacial score (nSPS) is 12.9. The molecule has 3 aromatic heterocycles. The van der Waals surface area contributed by atoms with Crippen molar-refractivity contribution in [1.29, 1.82) is 0 Å².